The van der Waals surface area contributed by atoms with Gasteiger partial charge in [0.1, 0.15) is 17.2 Å². The van der Waals surface area contributed by atoms with Crippen molar-refractivity contribution in [3.8, 4) is 28.3 Å². The van der Waals surface area contributed by atoms with Crippen molar-refractivity contribution in [2.45, 2.75) is 82.5 Å². The highest BCUT2D eigenvalue weighted by Crippen LogP contribution is 2.47. The molecule has 2 aromatic heterocycles. The Hall–Kier alpha value is -3.90. The first-order valence-electron chi connectivity index (χ1n) is 15.1. The van der Waals surface area contributed by atoms with Gasteiger partial charge < -0.3 is 23.6 Å². The van der Waals surface area contributed by atoms with Crippen LogP contribution in [0.2, 0.25) is 0 Å². The number of carbonyl (C=O) groups is 1. The number of aromatic nitrogens is 2. The van der Waals surface area contributed by atoms with Gasteiger partial charge in [0.05, 0.1) is 31.1 Å². The normalized spacial score (nSPS) is 21.3. The van der Waals surface area contributed by atoms with Crippen LogP contribution in [0.1, 0.15) is 71.7 Å². The summed E-state index contributed by atoms with van der Waals surface area (Å²) < 4.78 is 60.8. The standard InChI is InChI=1S/C33H32F3N3O5S/c1-18-13-20(9-12-24(18)31(40)41-2)27-17-45-32(37-27)39-21-10-11-22(39)15-23(14-21)42-16-26-29(38-44-30(26)19-7-8-19)25-5-3-4-6-28(25)43-33(34,35)36/h3-6,9,12-13,17,19,21-23H,7-8,10-11,14-16H2,1-2H3/t21-,22+,23+. The molecule has 3 fully saturated rings. The monoisotopic (exact) mass is 639 g/mol. The lowest BCUT2D eigenvalue weighted by molar-refractivity contribution is -0.274. The van der Waals surface area contributed by atoms with Crippen LogP contribution < -0.4 is 9.64 Å². The van der Waals surface area contributed by atoms with Gasteiger partial charge in [0, 0.05) is 40.1 Å². The Labute approximate surface area is 262 Å². The minimum Gasteiger partial charge on any atom is -0.465 e. The van der Waals surface area contributed by atoms with Gasteiger partial charge in [0.25, 0.3) is 0 Å². The van der Waals surface area contributed by atoms with Gasteiger partial charge in [-0.1, -0.05) is 23.4 Å². The van der Waals surface area contributed by atoms with E-state index in [9.17, 15) is 18.0 Å². The fourth-order valence-corrected chi connectivity index (χ4v) is 7.65. The number of fused-ring (bicyclic) bond motifs is 2. The van der Waals surface area contributed by atoms with Gasteiger partial charge >= 0.3 is 12.3 Å². The number of halogens is 3. The van der Waals surface area contributed by atoms with Gasteiger partial charge in [-0.3, -0.25) is 0 Å². The predicted molar refractivity (Wildman–Crippen MR) is 161 cm³/mol. The van der Waals surface area contributed by atoms with Crippen molar-refractivity contribution in [3.05, 3.63) is 70.3 Å². The number of hydrogen-bond acceptors (Lipinski definition) is 9. The van der Waals surface area contributed by atoms with Crippen molar-refractivity contribution < 1.29 is 36.7 Å². The van der Waals surface area contributed by atoms with Crippen LogP contribution in [0.15, 0.2) is 52.4 Å². The Morgan fingerprint density at radius 3 is 2.53 bits per heavy atom. The maximum Gasteiger partial charge on any atom is 0.573 e. The molecule has 2 saturated heterocycles. The first-order valence-corrected chi connectivity index (χ1v) is 15.9. The van der Waals surface area contributed by atoms with E-state index in [1.807, 2.05) is 19.1 Å². The zero-order valence-electron chi connectivity index (χ0n) is 24.8. The van der Waals surface area contributed by atoms with Gasteiger partial charge in [-0.2, -0.15) is 0 Å². The molecule has 3 atom stereocenters. The van der Waals surface area contributed by atoms with Crippen molar-refractivity contribution in [2.24, 2.45) is 0 Å². The fraction of sp³-hybridized carbons (Fsp3) is 0.424. The molecule has 236 valence electrons. The number of thiazole rings is 1. The second-order valence-corrected chi connectivity index (χ2v) is 12.8. The van der Waals surface area contributed by atoms with E-state index in [-0.39, 0.29) is 48.0 Å². The smallest absolute Gasteiger partial charge is 0.465 e. The Morgan fingerprint density at radius 1 is 1.09 bits per heavy atom. The summed E-state index contributed by atoms with van der Waals surface area (Å²) in [5.41, 5.74) is 4.46. The lowest BCUT2D eigenvalue weighted by Gasteiger charge is -2.38. The Morgan fingerprint density at radius 2 is 1.84 bits per heavy atom. The molecule has 0 N–H and O–H groups in total. The van der Waals surface area contributed by atoms with Gasteiger partial charge in [-0.15, -0.1) is 24.5 Å². The summed E-state index contributed by atoms with van der Waals surface area (Å²) in [6.07, 6.45) is 0.807. The number of ether oxygens (including phenoxy) is 3. The van der Waals surface area contributed by atoms with Crippen LogP contribution in [0, 0.1) is 6.92 Å². The molecule has 2 aromatic carbocycles. The zero-order valence-corrected chi connectivity index (χ0v) is 25.6. The van der Waals surface area contributed by atoms with E-state index in [0.717, 1.165) is 60.5 Å². The maximum absolute atomic E-state index is 13.1. The van der Waals surface area contributed by atoms with Crippen LogP contribution in [-0.2, 0) is 16.1 Å². The number of alkyl halides is 3. The summed E-state index contributed by atoms with van der Waals surface area (Å²) in [4.78, 5) is 19.4. The molecule has 8 nitrogen and oxygen atoms in total. The highest BCUT2D eigenvalue weighted by atomic mass is 32.1. The third-order valence-electron chi connectivity index (χ3n) is 8.93. The highest BCUT2D eigenvalue weighted by molar-refractivity contribution is 7.14. The molecule has 4 heterocycles. The van der Waals surface area contributed by atoms with E-state index >= 15 is 0 Å². The molecule has 1 aliphatic carbocycles. The summed E-state index contributed by atoms with van der Waals surface area (Å²) in [7, 11) is 1.37. The number of esters is 1. The third kappa shape index (κ3) is 6.05. The van der Waals surface area contributed by atoms with E-state index in [2.05, 4.69) is 20.2 Å². The topological polar surface area (TPSA) is 86.9 Å². The molecule has 0 amide bonds. The largest absolute Gasteiger partial charge is 0.573 e. The fourth-order valence-electron chi connectivity index (χ4n) is 6.67. The molecule has 12 heteroatoms. The lowest BCUT2D eigenvalue weighted by Crippen LogP contribution is -2.45. The first-order chi connectivity index (χ1) is 21.7. The lowest BCUT2D eigenvalue weighted by atomic mass is 9.99. The van der Waals surface area contributed by atoms with Crippen LogP contribution in [0.4, 0.5) is 18.3 Å². The number of nitrogens with zero attached hydrogens (tertiary/aromatic N) is 3. The van der Waals surface area contributed by atoms with Gasteiger partial charge in [0.15, 0.2) is 5.13 Å². The summed E-state index contributed by atoms with van der Waals surface area (Å²) in [5.74, 6) is 0.227. The second-order valence-electron chi connectivity index (χ2n) is 11.9. The van der Waals surface area contributed by atoms with Gasteiger partial charge in [-0.05, 0) is 75.3 Å². The minimum atomic E-state index is -4.82. The number of benzene rings is 2. The summed E-state index contributed by atoms with van der Waals surface area (Å²) >= 11 is 1.62. The molecule has 0 radical (unpaired) electrons. The molecule has 1 saturated carbocycles. The Kier molecular flexibility index (Phi) is 7.81. The van der Waals surface area contributed by atoms with Gasteiger partial charge in [-0.25, -0.2) is 9.78 Å². The van der Waals surface area contributed by atoms with E-state index in [4.69, 9.17) is 19.0 Å². The number of methoxy groups -OCH3 is 1. The number of rotatable bonds is 9. The third-order valence-corrected chi connectivity index (χ3v) is 9.78. The van der Waals surface area contributed by atoms with E-state index in [1.165, 1.54) is 19.2 Å². The van der Waals surface area contributed by atoms with E-state index < -0.39 is 6.36 Å². The summed E-state index contributed by atoms with van der Waals surface area (Å²) in [6.45, 7) is 2.09. The average Bonchev–Trinajstić information content (AvgIpc) is 3.47. The molecule has 4 aromatic rings. The van der Waals surface area contributed by atoms with Crippen LogP contribution in [-0.4, -0.2) is 47.8 Å². The number of anilines is 1. The van der Waals surface area contributed by atoms with E-state index in [1.54, 1.807) is 29.5 Å². The van der Waals surface area contributed by atoms with Crippen LogP contribution in [0.5, 0.6) is 5.75 Å². The number of piperidine rings is 1. The first kappa shape index (κ1) is 29.8. The summed E-state index contributed by atoms with van der Waals surface area (Å²) in [5, 5.41) is 7.23. The SMILES string of the molecule is COC(=O)c1ccc(-c2csc(N3[C@@H]4CC[C@H]3C[C@@H](OCc3c(-c5ccccc5OC(F)(F)F)noc3C3CC3)C4)n2)cc1C. The molecule has 2 aliphatic heterocycles. The Bertz CT molecular complexity index is 1700. The molecule has 45 heavy (non-hydrogen) atoms. The number of hydrogen-bond donors (Lipinski definition) is 0. The zero-order chi connectivity index (χ0) is 31.3. The van der Waals surface area contributed by atoms with Crippen molar-refractivity contribution in [1.82, 2.24) is 10.1 Å². The molecule has 2 bridgehead atoms. The van der Waals surface area contributed by atoms with Crippen molar-refractivity contribution in [1.29, 1.82) is 0 Å². The number of para-hydroxylation sites is 1. The van der Waals surface area contributed by atoms with Crippen molar-refractivity contribution in [3.63, 3.8) is 0 Å². The molecule has 3 aliphatic rings. The molecule has 0 unspecified atom stereocenters. The average molecular weight is 640 g/mol. The second kappa shape index (κ2) is 11.8. The van der Waals surface area contributed by atoms with Crippen molar-refractivity contribution in [2.75, 3.05) is 12.0 Å². The molecule has 0 spiro atoms. The van der Waals surface area contributed by atoms with Gasteiger partial charge in [0.2, 0.25) is 0 Å². The quantitative estimate of drug-likeness (QED) is 0.170. The minimum absolute atomic E-state index is 0.0110. The van der Waals surface area contributed by atoms with Crippen LogP contribution in [0.3, 0.4) is 0 Å². The predicted octanol–water partition coefficient (Wildman–Crippen LogP) is 8.05. The maximum atomic E-state index is 13.1. The Balaban J connectivity index is 1.06. The highest BCUT2D eigenvalue weighted by Gasteiger charge is 2.43. The number of aryl methyl sites for hydroxylation is 1. The van der Waals surface area contributed by atoms with Crippen LogP contribution in [0.25, 0.3) is 22.5 Å². The van der Waals surface area contributed by atoms with Crippen LogP contribution >= 0.6 is 11.3 Å². The molecular weight excluding hydrogens is 607 g/mol. The van der Waals surface area contributed by atoms with E-state index in [0.29, 0.717) is 22.6 Å². The van der Waals surface area contributed by atoms with Crippen molar-refractivity contribution >= 4 is 22.4 Å². The number of carbonyl (C=O) groups excluding carboxylic acids is 1. The summed E-state index contributed by atoms with van der Waals surface area (Å²) in [6, 6.07) is 12.2. The molecular formula is C33H32F3N3O5S. The molecule has 7 rings (SSSR count).